The Labute approximate surface area is 148 Å². The van der Waals surface area contributed by atoms with Crippen molar-refractivity contribution in [1.29, 1.82) is 0 Å². The van der Waals surface area contributed by atoms with Crippen LogP contribution >= 0.6 is 11.8 Å². The molecule has 25 heavy (non-hydrogen) atoms. The number of rotatable bonds is 6. The number of fused-ring (bicyclic) bond motifs is 1. The van der Waals surface area contributed by atoms with E-state index in [9.17, 15) is 9.18 Å². The van der Waals surface area contributed by atoms with Crippen LogP contribution < -0.4 is 5.32 Å². The van der Waals surface area contributed by atoms with E-state index in [0.29, 0.717) is 22.9 Å². The zero-order valence-corrected chi connectivity index (χ0v) is 14.3. The molecule has 0 radical (unpaired) electrons. The molecule has 0 aliphatic carbocycles. The molecular formula is C17H16FN5OS. The third kappa shape index (κ3) is 3.69. The highest BCUT2D eigenvalue weighted by molar-refractivity contribution is 8.00. The van der Waals surface area contributed by atoms with Crippen molar-refractivity contribution < 1.29 is 9.18 Å². The van der Waals surface area contributed by atoms with Crippen LogP contribution in [0.25, 0.3) is 16.7 Å². The molecule has 0 aliphatic rings. The number of aromatic nitrogens is 4. The molecule has 1 amide bonds. The molecule has 1 N–H and O–H groups in total. The molecule has 2 heterocycles. The fourth-order valence-electron chi connectivity index (χ4n) is 2.23. The van der Waals surface area contributed by atoms with Gasteiger partial charge in [-0.2, -0.15) is 5.10 Å². The lowest BCUT2D eigenvalue weighted by atomic mass is 10.3. The van der Waals surface area contributed by atoms with Gasteiger partial charge in [-0.15, -0.1) is 6.58 Å². The van der Waals surface area contributed by atoms with Crippen molar-refractivity contribution in [2.24, 2.45) is 0 Å². The Bertz CT molecular complexity index is 909. The highest BCUT2D eigenvalue weighted by Crippen LogP contribution is 2.28. The van der Waals surface area contributed by atoms with Gasteiger partial charge in [-0.25, -0.2) is 19.0 Å². The summed E-state index contributed by atoms with van der Waals surface area (Å²) in [6.07, 6.45) is 4.71. The summed E-state index contributed by atoms with van der Waals surface area (Å²) >= 11 is 1.33. The van der Waals surface area contributed by atoms with Gasteiger partial charge in [0.1, 0.15) is 17.2 Å². The van der Waals surface area contributed by atoms with Crippen LogP contribution in [0.4, 0.5) is 4.39 Å². The number of thioether (sulfide) groups is 1. The Hall–Kier alpha value is -2.74. The van der Waals surface area contributed by atoms with Crippen molar-refractivity contribution in [1.82, 2.24) is 25.1 Å². The van der Waals surface area contributed by atoms with Crippen LogP contribution in [-0.2, 0) is 4.79 Å². The van der Waals surface area contributed by atoms with Crippen molar-refractivity contribution in [3.05, 3.63) is 55.3 Å². The zero-order valence-electron chi connectivity index (χ0n) is 13.5. The Morgan fingerprint density at radius 2 is 2.16 bits per heavy atom. The Morgan fingerprint density at radius 3 is 2.88 bits per heavy atom. The van der Waals surface area contributed by atoms with Gasteiger partial charge in [0.2, 0.25) is 5.91 Å². The van der Waals surface area contributed by atoms with Crippen molar-refractivity contribution in [2.45, 2.75) is 17.2 Å². The lowest BCUT2D eigenvalue weighted by Gasteiger charge is -2.10. The summed E-state index contributed by atoms with van der Waals surface area (Å²) in [6.45, 7) is 5.81. The molecule has 8 heteroatoms. The summed E-state index contributed by atoms with van der Waals surface area (Å²) in [5, 5.41) is 8.16. The first-order valence-corrected chi connectivity index (χ1v) is 8.48. The van der Waals surface area contributed by atoms with E-state index in [4.69, 9.17) is 0 Å². The van der Waals surface area contributed by atoms with Gasteiger partial charge in [0, 0.05) is 6.54 Å². The fraction of sp³-hybridized carbons (Fsp3) is 0.176. The molecule has 3 aromatic rings. The molecule has 1 aromatic carbocycles. The second-order valence-electron chi connectivity index (χ2n) is 5.24. The third-order valence-electron chi connectivity index (χ3n) is 3.48. The van der Waals surface area contributed by atoms with Crippen LogP contribution in [0.15, 0.2) is 54.5 Å². The molecule has 3 rings (SSSR count). The number of halogens is 1. The molecule has 0 fully saturated rings. The Morgan fingerprint density at radius 1 is 1.40 bits per heavy atom. The predicted octanol–water partition coefficient (Wildman–Crippen LogP) is 2.74. The second-order valence-corrected chi connectivity index (χ2v) is 6.57. The van der Waals surface area contributed by atoms with Gasteiger partial charge in [0.25, 0.3) is 0 Å². The number of hydrogen-bond donors (Lipinski definition) is 1. The number of carbonyl (C=O) groups excluding carboxylic acids is 1. The molecule has 128 valence electrons. The van der Waals surface area contributed by atoms with Crippen LogP contribution in [0.2, 0.25) is 0 Å². The number of amides is 1. The van der Waals surface area contributed by atoms with Crippen LogP contribution in [0.5, 0.6) is 0 Å². The molecule has 0 spiro atoms. The van der Waals surface area contributed by atoms with E-state index >= 15 is 0 Å². The zero-order chi connectivity index (χ0) is 17.8. The lowest BCUT2D eigenvalue weighted by Crippen LogP contribution is -2.30. The highest BCUT2D eigenvalue weighted by Gasteiger charge is 2.18. The standard InChI is InChI=1S/C17H16FN5OS/c1-3-8-19-16(24)11(2)25-17-14-9-22-23(15(14)20-10-21-17)13-6-4-12(18)5-7-13/h3-7,9-11H,1,8H2,2H3,(H,19,24). The first-order chi connectivity index (χ1) is 12.1. The summed E-state index contributed by atoms with van der Waals surface area (Å²) in [5.41, 5.74) is 1.30. The average Bonchev–Trinajstić information content (AvgIpc) is 3.05. The van der Waals surface area contributed by atoms with Crippen molar-refractivity contribution in [3.63, 3.8) is 0 Å². The summed E-state index contributed by atoms with van der Waals surface area (Å²) in [5.74, 6) is -0.409. The minimum Gasteiger partial charge on any atom is -0.352 e. The fourth-order valence-corrected chi connectivity index (χ4v) is 3.13. The number of nitrogens with one attached hydrogen (secondary N) is 1. The minimum absolute atomic E-state index is 0.0948. The van der Waals surface area contributed by atoms with Crippen LogP contribution in [0, 0.1) is 5.82 Å². The Kier molecular flexibility index (Phi) is 5.08. The molecule has 1 unspecified atom stereocenters. The number of nitrogens with zero attached hydrogens (tertiary/aromatic N) is 4. The van der Waals surface area contributed by atoms with Crippen LogP contribution in [-0.4, -0.2) is 37.5 Å². The largest absolute Gasteiger partial charge is 0.352 e. The first kappa shape index (κ1) is 17.1. The SMILES string of the molecule is C=CCNC(=O)C(C)Sc1ncnc2c1cnn2-c1ccc(F)cc1. The highest BCUT2D eigenvalue weighted by atomic mass is 32.2. The van der Waals surface area contributed by atoms with Gasteiger partial charge in [0.15, 0.2) is 5.65 Å². The van der Waals surface area contributed by atoms with E-state index in [1.165, 1.54) is 30.2 Å². The van der Waals surface area contributed by atoms with Gasteiger partial charge in [-0.3, -0.25) is 4.79 Å². The van der Waals surface area contributed by atoms with E-state index in [1.807, 2.05) is 0 Å². The summed E-state index contributed by atoms with van der Waals surface area (Å²) in [7, 11) is 0. The normalized spacial score (nSPS) is 12.1. The number of carbonyl (C=O) groups is 1. The van der Waals surface area contributed by atoms with Crippen LogP contribution in [0.1, 0.15) is 6.92 Å². The van der Waals surface area contributed by atoms with E-state index in [1.54, 1.807) is 36.0 Å². The van der Waals surface area contributed by atoms with Crippen molar-refractivity contribution in [3.8, 4) is 5.69 Å². The molecule has 2 aromatic heterocycles. The lowest BCUT2D eigenvalue weighted by molar-refractivity contribution is -0.120. The van der Waals surface area contributed by atoms with Gasteiger partial charge in [0.05, 0.1) is 22.5 Å². The maximum atomic E-state index is 13.1. The van der Waals surface area contributed by atoms with Gasteiger partial charge in [-0.05, 0) is 31.2 Å². The smallest absolute Gasteiger partial charge is 0.233 e. The summed E-state index contributed by atoms with van der Waals surface area (Å²) < 4.78 is 14.7. The maximum Gasteiger partial charge on any atom is 0.233 e. The van der Waals surface area contributed by atoms with Crippen molar-refractivity contribution >= 4 is 28.7 Å². The third-order valence-corrected chi connectivity index (χ3v) is 4.59. The number of benzene rings is 1. The van der Waals surface area contributed by atoms with E-state index in [-0.39, 0.29) is 17.0 Å². The number of hydrogen-bond acceptors (Lipinski definition) is 5. The van der Waals surface area contributed by atoms with Crippen LogP contribution in [0.3, 0.4) is 0 Å². The van der Waals surface area contributed by atoms with Gasteiger partial charge in [-0.1, -0.05) is 17.8 Å². The predicted molar refractivity (Wildman–Crippen MR) is 95.1 cm³/mol. The van der Waals surface area contributed by atoms with Gasteiger partial charge >= 0.3 is 0 Å². The quantitative estimate of drug-likeness (QED) is 0.417. The monoisotopic (exact) mass is 357 g/mol. The maximum absolute atomic E-state index is 13.1. The molecule has 0 saturated heterocycles. The Balaban J connectivity index is 1.89. The molecule has 0 aliphatic heterocycles. The van der Waals surface area contributed by atoms with E-state index < -0.39 is 0 Å². The molecule has 1 atom stereocenters. The average molecular weight is 357 g/mol. The minimum atomic E-state index is -0.327. The topological polar surface area (TPSA) is 72.7 Å². The second kappa shape index (κ2) is 7.43. The molecule has 0 saturated carbocycles. The van der Waals surface area contributed by atoms with E-state index in [2.05, 4.69) is 27.0 Å². The van der Waals surface area contributed by atoms with E-state index in [0.717, 1.165) is 5.39 Å². The molecule has 0 bridgehead atoms. The molecule has 6 nitrogen and oxygen atoms in total. The van der Waals surface area contributed by atoms with Gasteiger partial charge < -0.3 is 5.32 Å². The van der Waals surface area contributed by atoms with Crippen molar-refractivity contribution in [2.75, 3.05) is 6.54 Å². The first-order valence-electron chi connectivity index (χ1n) is 7.60. The molecular weight excluding hydrogens is 341 g/mol. The summed E-state index contributed by atoms with van der Waals surface area (Å²) in [4.78, 5) is 20.6. The summed E-state index contributed by atoms with van der Waals surface area (Å²) in [6, 6.07) is 5.99.